The van der Waals surface area contributed by atoms with Crippen molar-refractivity contribution in [2.24, 2.45) is 0 Å². The van der Waals surface area contributed by atoms with Gasteiger partial charge in [0.1, 0.15) is 0 Å². The summed E-state index contributed by atoms with van der Waals surface area (Å²) in [6, 6.07) is 56.7. The van der Waals surface area contributed by atoms with Crippen LogP contribution in [0.2, 0.25) is 0 Å². The molecule has 0 fully saturated rings. The van der Waals surface area contributed by atoms with E-state index in [0.29, 0.717) is 0 Å². The Kier molecular flexibility index (Phi) is 5.75. The largest absolute Gasteiger partial charge is 0.310 e. The zero-order chi connectivity index (χ0) is 33.1. The maximum absolute atomic E-state index is 2.46. The first-order valence-electron chi connectivity index (χ1n) is 17.5. The molecule has 8 aromatic rings. The van der Waals surface area contributed by atoms with Crippen LogP contribution in [0.3, 0.4) is 0 Å². The third-order valence-corrected chi connectivity index (χ3v) is 11.6. The van der Waals surface area contributed by atoms with Crippen LogP contribution in [0.4, 0.5) is 17.1 Å². The predicted molar refractivity (Wildman–Crippen MR) is 209 cm³/mol. The fourth-order valence-corrected chi connectivity index (χ4v) is 9.31. The molecule has 0 N–H and O–H groups in total. The molecule has 0 spiro atoms. The molecule has 49 heavy (non-hydrogen) atoms. The zero-order valence-corrected chi connectivity index (χ0v) is 28.4. The summed E-state index contributed by atoms with van der Waals surface area (Å²) in [5.41, 5.74) is 14.4. The van der Waals surface area contributed by atoms with Gasteiger partial charge >= 0.3 is 0 Å². The summed E-state index contributed by atoms with van der Waals surface area (Å²) in [6.45, 7) is 9.47. The van der Waals surface area contributed by atoms with Gasteiger partial charge < -0.3 is 4.90 Å². The molecule has 1 heteroatoms. The summed E-state index contributed by atoms with van der Waals surface area (Å²) in [4.78, 5) is 2.46. The van der Waals surface area contributed by atoms with E-state index in [-0.39, 0.29) is 10.8 Å². The highest BCUT2D eigenvalue weighted by Gasteiger charge is 2.39. The normalized spacial score (nSPS) is 14.9. The van der Waals surface area contributed by atoms with Crippen molar-refractivity contribution < 1.29 is 0 Å². The van der Waals surface area contributed by atoms with Crippen LogP contribution >= 0.6 is 0 Å². The molecular formula is C48H37N. The van der Waals surface area contributed by atoms with Crippen molar-refractivity contribution in [1.82, 2.24) is 0 Å². The van der Waals surface area contributed by atoms with Gasteiger partial charge in [-0.1, -0.05) is 149 Å². The Morgan fingerprint density at radius 2 is 1.04 bits per heavy atom. The number of fused-ring (bicyclic) bond motifs is 12. The first-order valence-corrected chi connectivity index (χ1v) is 17.5. The average molecular weight is 628 g/mol. The quantitative estimate of drug-likeness (QED) is 0.176. The van der Waals surface area contributed by atoms with Gasteiger partial charge in [0.15, 0.2) is 0 Å². The SMILES string of the molecule is CC1(C)c2ccccc2-c2c1ccc1c2ccc2ccc3cc(N(c4ccccc4)c4cccc5c4C(C)(C)c4ccccc4-5)ccc3c21. The van der Waals surface area contributed by atoms with Gasteiger partial charge in [-0.25, -0.2) is 0 Å². The van der Waals surface area contributed by atoms with E-state index in [9.17, 15) is 0 Å². The van der Waals surface area contributed by atoms with Crippen LogP contribution in [0.5, 0.6) is 0 Å². The molecule has 0 amide bonds. The maximum Gasteiger partial charge on any atom is 0.0508 e. The summed E-state index contributed by atoms with van der Waals surface area (Å²) in [6.07, 6.45) is 0. The summed E-state index contributed by atoms with van der Waals surface area (Å²) >= 11 is 0. The van der Waals surface area contributed by atoms with E-state index in [0.717, 1.165) is 11.4 Å². The van der Waals surface area contributed by atoms with Crippen LogP contribution in [-0.4, -0.2) is 0 Å². The Labute approximate surface area is 288 Å². The van der Waals surface area contributed by atoms with Crippen molar-refractivity contribution in [3.05, 3.63) is 174 Å². The van der Waals surface area contributed by atoms with Crippen LogP contribution in [0.25, 0.3) is 54.6 Å². The minimum atomic E-state index is -0.130. The third-order valence-electron chi connectivity index (χ3n) is 11.6. The molecule has 0 atom stereocenters. The Hall–Kier alpha value is -5.66. The molecule has 1 nitrogen and oxygen atoms in total. The molecule has 10 rings (SSSR count). The molecule has 0 aromatic heterocycles. The lowest BCUT2D eigenvalue weighted by Gasteiger charge is -2.32. The molecule has 8 aromatic carbocycles. The van der Waals surface area contributed by atoms with Gasteiger partial charge in [0.2, 0.25) is 0 Å². The van der Waals surface area contributed by atoms with Crippen molar-refractivity contribution in [2.75, 3.05) is 4.90 Å². The molecule has 0 heterocycles. The Morgan fingerprint density at radius 1 is 0.408 bits per heavy atom. The molecular weight excluding hydrogens is 591 g/mol. The number of anilines is 3. The topological polar surface area (TPSA) is 3.24 Å². The monoisotopic (exact) mass is 627 g/mol. The van der Waals surface area contributed by atoms with Gasteiger partial charge in [0.25, 0.3) is 0 Å². The zero-order valence-electron chi connectivity index (χ0n) is 28.4. The minimum absolute atomic E-state index is 0.0167. The molecule has 0 saturated carbocycles. The van der Waals surface area contributed by atoms with Gasteiger partial charge in [-0.3, -0.25) is 0 Å². The second-order valence-corrected chi connectivity index (χ2v) is 14.9. The fourth-order valence-electron chi connectivity index (χ4n) is 9.31. The maximum atomic E-state index is 2.46. The third kappa shape index (κ3) is 3.82. The highest BCUT2D eigenvalue weighted by atomic mass is 15.1. The molecule has 2 aliphatic carbocycles. The van der Waals surface area contributed by atoms with E-state index >= 15 is 0 Å². The van der Waals surface area contributed by atoms with Crippen LogP contribution in [-0.2, 0) is 10.8 Å². The lowest BCUT2D eigenvalue weighted by Crippen LogP contribution is -2.20. The highest BCUT2D eigenvalue weighted by molar-refractivity contribution is 6.23. The standard InChI is InChI=1S/C48H37N/c1-47(2)41-19-11-9-16-39(41)45-37-25-23-30-21-22-31-29-33(24-26-34(31)44(30)36(37)27-28-42(45)47)49(32-13-6-5-7-14-32)43-20-12-17-38-35-15-8-10-18-40(35)48(3,4)46(38)43/h5-29H,1-4H3. The Morgan fingerprint density at radius 3 is 1.86 bits per heavy atom. The molecule has 0 radical (unpaired) electrons. The first-order chi connectivity index (χ1) is 23.8. The molecule has 2 aliphatic rings. The van der Waals surface area contributed by atoms with Crippen LogP contribution < -0.4 is 4.90 Å². The van der Waals surface area contributed by atoms with Crippen LogP contribution in [0, 0.1) is 0 Å². The van der Waals surface area contributed by atoms with E-state index < -0.39 is 0 Å². The van der Waals surface area contributed by atoms with Crippen LogP contribution in [0.15, 0.2) is 152 Å². The van der Waals surface area contributed by atoms with E-state index in [4.69, 9.17) is 0 Å². The number of nitrogens with zero attached hydrogens (tertiary/aromatic N) is 1. The van der Waals surface area contributed by atoms with Gasteiger partial charge in [0, 0.05) is 22.2 Å². The van der Waals surface area contributed by atoms with Gasteiger partial charge in [-0.05, 0) is 107 Å². The number of hydrogen-bond acceptors (Lipinski definition) is 1. The summed E-state index contributed by atoms with van der Waals surface area (Å²) in [5, 5.41) is 7.80. The second-order valence-electron chi connectivity index (χ2n) is 14.9. The van der Waals surface area contributed by atoms with Crippen molar-refractivity contribution in [1.29, 1.82) is 0 Å². The number of rotatable bonds is 3. The average Bonchev–Trinajstić information content (AvgIpc) is 3.52. The first kappa shape index (κ1) is 28.4. The molecule has 234 valence electrons. The summed E-state index contributed by atoms with van der Waals surface area (Å²) < 4.78 is 0. The molecule has 0 unspecified atom stereocenters. The van der Waals surface area contributed by atoms with Crippen molar-refractivity contribution in [3.8, 4) is 22.3 Å². The van der Waals surface area contributed by atoms with Gasteiger partial charge in [0.05, 0.1) is 5.69 Å². The summed E-state index contributed by atoms with van der Waals surface area (Å²) in [5.74, 6) is 0. The van der Waals surface area contributed by atoms with Crippen molar-refractivity contribution >= 4 is 49.4 Å². The lowest BCUT2D eigenvalue weighted by atomic mass is 9.81. The van der Waals surface area contributed by atoms with E-state index in [1.54, 1.807) is 0 Å². The number of para-hydroxylation sites is 1. The summed E-state index contributed by atoms with van der Waals surface area (Å²) in [7, 11) is 0. The molecule has 0 bridgehead atoms. The number of hydrogen-bond donors (Lipinski definition) is 0. The second kappa shape index (κ2) is 9.94. The Balaban J connectivity index is 1.20. The van der Waals surface area contributed by atoms with E-state index in [1.165, 1.54) is 82.5 Å². The van der Waals surface area contributed by atoms with E-state index in [2.05, 4.69) is 184 Å². The molecule has 0 aliphatic heterocycles. The predicted octanol–water partition coefficient (Wildman–Crippen LogP) is 13.2. The van der Waals surface area contributed by atoms with Crippen LogP contribution in [0.1, 0.15) is 49.9 Å². The smallest absolute Gasteiger partial charge is 0.0508 e. The fraction of sp³-hybridized carbons (Fsp3) is 0.125. The Bertz CT molecular complexity index is 2660. The van der Waals surface area contributed by atoms with E-state index in [1.807, 2.05) is 0 Å². The van der Waals surface area contributed by atoms with Crippen molar-refractivity contribution in [3.63, 3.8) is 0 Å². The lowest BCUT2D eigenvalue weighted by molar-refractivity contribution is 0.660. The van der Waals surface area contributed by atoms with Gasteiger partial charge in [-0.15, -0.1) is 0 Å². The molecule has 0 saturated heterocycles. The highest BCUT2D eigenvalue weighted by Crippen LogP contribution is 2.55. The van der Waals surface area contributed by atoms with Crippen molar-refractivity contribution in [2.45, 2.75) is 38.5 Å². The van der Waals surface area contributed by atoms with Gasteiger partial charge in [-0.2, -0.15) is 0 Å². The minimum Gasteiger partial charge on any atom is -0.310 e. The number of benzene rings is 8.